The van der Waals surface area contributed by atoms with Crippen molar-refractivity contribution in [3.63, 3.8) is 0 Å². The van der Waals surface area contributed by atoms with E-state index in [1.54, 1.807) is 0 Å². The Morgan fingerprint density at radius 3 is 2.18 bits per heavy atom. The highest BCUT2D eigenvalue weighted by Crippen LogP contribution is 2.38. The molecule has 1 aromatic rings. The van der Waals surface area contributed by atoms with Crippen LogP contribution in [0.15, 0.2) is 12.1 Å². The summed E-state index contributed by atoms with van der Waals surface area (Å²) in [5.74, 6) is 1.16. The maximum Gasteiger partial charge on any atom is 0.131 e. The predicted molar refractivity (Wildman–Crippen MR) is 66.4 cm³/mol. The molecule has 0 unspecified atom stereocenters. The summed E-state index contributed by atoms with van der Waals surface area (Å²) in [5.41, 5.74) is 12.3. The summed E-state index contributed by atoms with van der Waals surface area (Å²) >= 11 is 0. The summed E-state index contributed by atoms with van der Waals surface area (Å²) in [6.07, 6.45) is 1.57. The first-order chi connectivity index (χ1) is 8.13. The fourth-order valence-electron chi connectivity index (χ4n) is 1.77. The van der Waals surface area contributed by atoms with Crippen LogP contribution in [0.2, 0.25) is 0 Å². The first-order valence-electron chi connectivity index (χ1n) is 5.54. The lowest BCUT2D eigenvalue weighted by Crippen LogP contribution is -2.14. The van der Waals surface area contributed by atoms with E-state index in [0.717, 1.165) is 18.4 Å². The van der Waals surface area contributed by atoms with Crippen molar-refractivity contribution in [2.75, 3.05) is 20.8 Å². The molecule has 0 saturated carbocycles. The van der Waals surface area contributed by atoms with Gasteiger partial charge in [-0.15, -0.1) is 0 Å². The maximum absolute atomic E-state index is 9.52. The van der Waals surface area contributed by atoms with Gasteiger partial charge in [0.25, 0.3) is 0 Å². The van der Waals surface area contributed by atoms with Crippen molar-refractivity contribution in [2.45, 2.75) is 18.9 Å². The largest absolute Gasteiger partial charge is 0.508 e. The topological polar surface area (TPSA) is 90.7 Å². The lowest BCUT2D eigenvalue weighted by molar-refractivity contribution is 0.368. The molecule has 0 heterocycles. The highest BCUT2D eigenvalue weighted by Gasteiger charge is 2.18. The zero-order chi connectivity index (χ0) is 12.8. The van der Waals surface area contributed by atoms with Crippen LogP contribution >= 0.6 is 0 Å². The molecular weight excluding hydrogens is 220 g/mol. The summed E-state index contributed by atoms with van der Waals surface area (Å²) in [6, 6.07) is 2.84. The van der Waals surface area contributed by atoms with Crippen LogP contribution in [0.3, 0.4) is 0 Å². The Morgan fingerprint density at radius 1 is 1.24 bits per heavy atom. The predicted octanol–water partition coefficient (Wildman–Crippen LogP) is 1.15. The number of benzene rings is 1. The van der Waals surface area contributed by atoms with Crippen LogP contribution in [-0.4, -0.2) is 25.9 Å². The van der Waals surface area contributed by atoms with Crippen LogP contribution in [0.25, 0.3) is 0 Å². The molecule has 0 aromatic heterocycles. The zero-order valence-electron chi connectivity index (χ0n) is 10.3. The maximum atomic E-state index is 9.52. The fraction of sp³-hybridized carbons (Fsp3) is 0.500. The normalized spacial score (nSPS) is 12.2. The molecule has 5 N–H and O–H groups in total. The molecule has 0 aliphatic heterocycles. The van der Waals surface area contributed by atoms with E-state index >= 15 is 0 Å². The van der Waals surface area contributed by atoms with Gasteiger partial charge < -0.3 is 26.0 Å². The lowest BCUT2D eigenvalue weighted by atomic mass is 10.0. The smallest absolute Gasteiger partial charge is 0.131 e. The standard InChI is InChI=1S/C12H20N2O3/c1-16-10-6-8(15)7-11(17-2)12(10)9(14)4-3-5-13/h6-7,9,15H,3-5,13-14H2,1-2H3/t9-/m0/s1. The second-order valence-corrected chi connectivity index (χ2v) is 3.80. The molecule has 1 atom stereocenters. The molecule has 17 heavy (non-hydrogen) atoms. The van der Waals surface area contributed by atoms with E-state index in [9.17, 15) is 5.11 Å². The number of nitrogens with two attached hydrogens (primary N) is 2. The Labute approximate surface area is 101 Å². The third-order valence-electron chi connectivity index (χ3n) is 2.62. The minimum Gasteiger partial charge on any atom is -0.508 e. The Kier molecular flexibility index (Phi) is 5.06. The Morgan fingerprint density at radius 2 is 1.76 bits per heavy atom. The van der Waals surface area contributed by atoms with Crippen molar-refractivity contribution in [1.82, 2.24) is 0 Å². The molecule has 0 radical (unpaired) electrons. The number of phenols is 1. The van der Waals surface area contributed by atoms with Crippen LogP contribution in [0.4, 0.5) is 0 Å². The van der Waals surface area contributed by atoms with Crippen LogP contribution in [0.1, 0.15) is 24.4 Å². The second-order valence-electron chi connectivity index (χ2n) is 3.80. The van der Waals surface area contributed by atoms with Gasteiger partial charge >= 0.3 is 0 Å². The van der Waals surface area contributed by atoms with Gasteiger partial charge in [0.2, 0.25) is 0 Å². The summed E-state index contributed by atoms with van der Waals surface area (Å²) in [4.78, 5) is 0. The molecule has 96 valence electrons. The molecule has 5 nitrogen and oxygen atoms in total. The van der Waals surface area contributed by atoms with Gasteiger partial charge in [0.05, 0.1) is 19.8 Å². The van der Waals surface area contributed by atoms with E-state index in [1.165, 1.54) is 26.4 Å². The van der Waals surface area contributed by atoms with Gasteiger partial charge in [-0.1, -0.05) is 0 Å². The van der Waals surface area contributed by atoms with Gasteiger partial charge in [-0.2, -0.15) is 0 Å². The number of methoxy groups -OCH3 is 2. The van der Waals surface area contributed by atoms with Crippen molar-refractivity contribution in [3.05, 3.63) is 17.7 Å². The van der Waals surface area contributed by atoms with Crippen molar-refractivity contribution in [1.29, 1.82) is 0 Å². The Bertz CT molecular complexity index is 344. The van der Waals surface area contributed by atoms with Crippen molar-refractivity contribution >= 4 is 0 Å². The van der Waals surface area contributed by atoms with Crippen LogP contribution in [0, 0.1) is 0 Å². The van der Waals surface area contributed by atoms with E-state index in [0.29, 0.717) is 18.0 Å². The van der Waals surface area contributed by atoms with E-state index in [2.05, 4.69) is 0 Å². The minimum atomic E-state index is -0.218. The SMILES string of the molecule is COc1cc(O)cc(OC)c1[C@@H](N)CCCN. The van der Waals surface area contributed by atoms with Gasteiger partial charge in [0.15, 0.2) is 0 Å². The average Bonchev–Trinajstić information content (AvgIpc) is 2.34. The fourth-order valence-corrected chi connectivity index (χ4v) is 1.77. The molecule has 0 fully saturated rings. The van der Waals surface area contributed by atoms with Crippen molar-refractivity contribution < 1.29 is 14.6 Å². The number of hydrogen-bond acceptors (Lipinski definition) is 5. The first kappa shape index (κ1) is 13.6. The third-order valence-corrected chi connectivity index (χ3v) is 2.62. The molecule has 1 rings (SSSR count). The van der Waals surface area contributed by atoms with Gasteiger partial charge in [0, 0.05) is 18.2 Å². The summed E-state index contributed by atoms with van der Waals surface area (Å²) in [6.45, 7) is 0.594. The van der Waals surface area contributed by atoms with Crippen molar-refractivity contribution in [3.8, 4) is 17.2 Å². The number of hydrogen-bond donors (Lipinski definition) is 3. The second kappa shape index (κ2) is 6.32. The quantitative estimate of drug-likeness (QED) is 0.693. The van der Waals surface area contributed by atoms with Gasteiger partial charge in [-0.05, 0) is 19.4 Å². The van der Waals surface area contributed by atoms with Gasteiger partial charge in [-0.3, -0.25) is 0 Å². The average molecular weight is 240 g/mol. The number of aromatic hydroxyl groups is 1. The molecular formula is C12H20N2O3. The van der Waals surface area contributed by atoms with Crippen LogP contribution in [-0.2, 0) is 0 Å². The lowest BCUT2D eigenvalue weighted by Gasteiger charge is -2.19. The van der Waals surface area contributed by atoms with Gasteiger partial charge in [0.1, 0.15) is 17.2 Å². The van der Waals surface area contributed by atoms with E-state index in [4.69, 9.17) is 20.9 Å². The zero-order valence-corrected chi connectivity index (χ0v) is 10.3. The number of ether oxygens (including phenoxy) is 2. The van der Waals surface area contributed by atoms with E-state index in [1.807, 2.05) is 0 Å². The third kappa shape index (κ3) is 3.25. The Hall–Kier alpha value is -1.46. The van der Waals surface area contributed by atoms with Gasteiger partial charge in [-0.25, -0.2) is 0 Å². The summed E-state index contributed by atoms with van der Waals surface area (Å²) in [7, 11) is 3.07. The summed E-state index contributed by atoms with van der Waals surface area (Å²) in [5, 5.41) is 9.52. The molecule has 0 aliphatic rings. The van der Waals surface area contributed by atoms with Crippen LogP contribution in [0.5, 0.6) is 17.2 Å². The Balaban J connectivity index is 3.09. The molecule has 0 amide bonds. The molecule has 5 heteroatoms. The molecule has 0 spiro atoms. The summed E-state index contributed by atoms with van der Waals surface area (Å²) < 4.78 is 10.4. The van der Waals surface area contributed by atoms with Crippen molar-refractivity contribution in [2.24, 2.45) is 11.5 Å². The van der Waals surface area contributed by atoms with Crippen LogP contribution < -0.4 is 20.9 Å². The number of phenolic OH excluding ortho intramolecular Hbond substituents is 1. The first-order valence-corrected chi connectivity index (χ1v) is 5.54. The molecule has 0 bridgehead atoms. The monoisotopic (exact) mass is 240 g/mol. The molecule has 0 saturated heterocycles. The van der Waals surface area contributed by atoms with E-state index < -0.39 is 0 Å². The highest BCUT2D eigenvalue weighted by atomic mass is 16.5. The molecule has 1 aromatic carbocycles. The van der Waals surface area contributed by atoms with E-state index in [-0.39, 0.29) is 11.8 Å². The minimum absolute atomic E-state index is 0.0912. The molecule has 0 aliphatic carbocycles. The number of rotatable bonds is 6. The highest BCUT2D eigenvalue weighted by molar-refractivity contribution is 5.51.